The van der Waals surface area contributed by atoms with E-state index in [0.717, 1.165) is 25.2 Å². The Bertz CT molecular complexity index is 416. The normalized spacial score (nSPS) is 22.9. The molecule has 3 nitrogen and oxygen atoms in total. The summed E-state index contributed by atoms with van der Waals surface area (Å²) in [7, 11) is -0.888. The van der Waals surface area contributed by atoms with E-state index in [1.165, 1.54) is 5.56 Å². The Labute approximate surface area is 111 Å². The molecule has 0 radical (unpaired) electrons. The van der Waals surface area contributed by atoms with Crippen molar-refractivity contribution in [3.8, 4) is 0 Å². The Morgan fingerprint density at radius 3 is 2.94 bits per heavy atom. The molecule has 1 saturated heterocycles. The van der Waals surface area contributed by atoms with Gasteiger partial charge in [-0.15, -0.1) is 0 Å². The van der Waals surface area contributed by atoms with Gasteiger partial charge in [-0.05, 0) is 24.5 Å². The molecule has 0 aliphatic carbocycles. The third-order valence-electron chi connectivity index (χ3n) is 3.53. The van der Waals surface area contributed by atoms with Gasteiger partial charge >= 0.3 is 0 Å². The van der Waals surface area contributed by atoms with Crippen LogP contribution in [-0.4, -0.2) is 29.2 Å². The predicted molar refractivity (Wildman–Crippen MR) is 74.8 cm³/mol. The molecule has 100 valence electrons. The van der Waals surface area contributed by atoms with Crippen molar-refractivity contribution in [1.29, 1.82) is 0 Å². The molecular formula is C14H21NO2S. The second-order valence-electron chi connectivity index (χ2n) is 4.96. The van der Waals surface area contributed by atoms with Crippen molar-refractivity contribution in [3.05, 3.63) is 35.4 Å². The zero-order valence-electron chi connectivity index (χ0n) is 10.8. The third kappa shape index (κ3) is 3.64. The maximum absolute atomic E-state index is 12.1. The number of aryl methyl sites for hydroxylation is 1. The van der Waals surface area contributed by atoms with E-state index >= 15 is 0 Å². The number of nitrogens with two attached hydrogens (primary N) is 1. The Morgan fingerprint density at radius 1 is 1.50 bits per heavy atom. The number of hydrogen-bond acceptors (Lipinski definition) is 3. The van der Waals surface area contributed by atoms with Crippen LogP contribution in [0.25, 0.3) is 0 Å². The average Bonchev–Trinajstić information content (AvgIpc) is 2.85. The van der Waals surface area contributed by atoms with Crippen LogP contribution in [0.4, 0.5) is 0 Å². The molecule has 1 aromatic carbocycles. The smallest absolute Gasteiger partial charge is 0.0510 e. The van der Waals surface area contributed by atoms with Gasteiger partial charge in [0, 0.05) is 40.9 Å². The minimum absolute atomic E-state index is 0.00245. The monoisotopic (exact) mass is 267 g/mol. The first kappa shape index (κ1) is 13.7. The second kappa shape index (κ2) is 6.45. The zero-order valence-corrected chi connectivity index (χ0v) is 11.6. The largest absolute Gasteiger partial charge is 0.381 e. The summed E-state index contributed by atoms with van der Waals surface area (Å²) < 4.78 is 17.4. The van der Waals surface area contributed by atoms with E-state index in [1.807, 2.05) is 18.2 Å². The molecule has 1 aliphatic heterocycles. The SMILES string of the molecule is Cc1ccccc1CS(=O)CC(N)C1CCOC1. The molecule has 1 aliphatic rings. The predicted octanol–water partition coefficient (Wildman–Crippen LogP) is 1.61. The van der Waals surface area contributed by atoms with Crippen LogP contribution in [0, 0.1) is 12.8 Å². The van der Waals surface area contributed by atoms with Crippen molar-refractivity contribution in [2.45, 2.75) is 25.1 Å². The lowest BCUT2D eigenvalue weighted by molar-refractivity contribution is 0.182. The van der Waals surface area contributed by atoms with Crippen molar-refractivity contribution in [3.63, 3.8) is 0 Å². The van der Waals surface area contributed by atoms with Crippen molar-refractivity contribution >= 4 is 10.8 Å². The standard InChI is InChI=1S/C14H21NO2S/c1-11-4-2-3-5-13(11)9-18(16)10-14(15)12-6-7-17-8-12/h2-5,12,14H,6-10,15H2,1H3. The summed E-state index contributed by atoms with van der Waals surface area (Å²) >= 11 is 0. The van der Waals surface area contributed by atoms with Gasteiger partial charge in [-0.3, -0.25) is 4.21 Å². The molecule has 0 amide bonds. The summed E-state index contributed by atoms with van der Waals surface area (Å²) in [5, 5.41) is 0. The van der Waals surface area contributed by atoms with E-state index < -0.39 is 10.8 Å². The van der Waals surface area contributed by atoms with Crippen molar-refractivity contribution < 1.29 is 8.95 Å². The Balaban J connectivity index is 1.86. The first-order chi connectivity index (χ1) is 8.66. The fourth-order valence-electron chi connectivity index (χ4n) is 2.25. The lowest BCUT2D eigenvalue weighted by atomic mass is 10.0. The highest BCUT2D eigenvalue weighted by molar-refractivity contribution is 7.84. The number of hydrogen-bond donors (Lipinski definition) is 1. The summed E-state index contributed by atoms with van der Waals surface area (Å²) in [4.78, 5) is 0. The molecule has 0 bridgehead atoms. The number of ether oxygens (including phenoxy) is 1. The summed E-state index contributed by atoms with van der Waals surface area (Å²) in [5.74, 6) is 1.56. The van der Waals surface area contributed by atoms with Gasteiger partial charge in [0.05, 0.1) is 6.61 Å². The first-order valence-electron chi connectivity index (χ1n) is 6.39. The van der Waals surface area contributed by atoms with Crippen LogP contribution in [0.2, 0.25) is 0 Å². The van der Waals surface area contributed by atoms with E-state index in [4.69, 9.17) is 10.5 Å². The van der Waals surface area contributed by atoms with Gasteiger partial charge < -0.3 is 10.5 Å². The van der Waals surface area contributed by atoms with Crippen LogP contribution in [-0.2, 0) is 21.3 Å². The van der Waals surface area contributed by atoms with Crippen molar-refractivity contribution in [1.82, 2.24) is 0 Å². The quantitative estimate of drug-likeness (QED) is 0.882. The molecule has 2 rings (SSSR count). The van der Waals surface area contributed by atoms with E-state index in [-0.39, 0.29) is 6.04 Å². The molecule has 18 heavy (non-hydrogen) atoms. The highest BCUT2D eigenvalue weighted by Crippen LogP contribution is 2.17. The Hall–Kier alpha value is -0.710. The highest BCUT2D eigenvalue weighted by atomic mass is 32.2. The van der Waals surface area contributed by atoms with Crippen LogP contribution in [0.1, 0.15) is 17.5 Å². The molecule has 1 fully saturated rings. The van der Waals surface area contributed by atoms with E-state index in [9.17, 15) is 4.21 Å². The van der Waals surface area contributed by atoms with E-state index in [1.54, 1.807) is 0 Å². The number of rotatable bonds is 5. The van der Waals surface area contributed by atoms with Gasteiger partial charge in [-0.25, -0.2) is 0 Å². The lowest BCUT2D eigenvalue weighted by Gasteiger charge is -2.17. The molecule has 4 heteroatoms. The molecule has 3 unspecified atom stereocenters. The summed E-state index contributed by atoms with van der Waals surface area (Å²) in [5.41, 5.74) is 8.45. The van der Waals surface area contributed by atoms with E-state index in [0.29, 0.717) is 17.4 Å². The molecule has 3 atom stereocenters. The summed E-state index contributed by atoms with van der Waals surface area (Å²) in [6, 6.07) is 8.08. The molecule has 2 N–H and O–H groups in total. The fraction of sp³-hybridized carbons (Fsp3) is 0.571. The van der Waals surface area contributed by atoms with Gasteiger partial charge in [0.25, 0.3) is 0 Å². The minimum Gasteiger partial charge on any atom is -0.381 e. The second-order valence-corrected chi connectivity index (χ2v) is 6.47. The zero-order chi connectivity index (χ0) is 13.0. The van der Waals surface area contributed by atoms with Crippen molar-refractivity contribution in [2.75, 3.05) is 19.0 Å². The lowest BCUT2D eigenvalue weighted by Crippen LogP contribution is -2.36. The summed E-state index contributed by atoms with van der Waals surface area (Å²) in [6.45, 7) is 3.57. The third-order valence-corrected chi connectivity index (χ3v) is 4.92. The van der Waals surface area contributed by atoms with Crippen LogP contribution in [0.15, 0.2) is 24.3 Å². The minimum atomic E-state index is -0.888. The van der Waals surface area contributed by atoms with Gasteiger partial charge in [0.1, 0.15) is 0 Å². The molecular weight excluding hydrogens is 246 g/mol. The topological polar surface area (TPSA) is 52.3 Å². The number of benzene rings is 1. The van der Waals surface area contributed by atoms with Gasteiger partial charge in [-0.2, -0.15) is 0 Å². The average molecular weight is 267 g/mol. The van der Waals surface area contributed by atoms with Gasteiger partial charge in [-0.1, -0.05) is 24.3 Å². The van der Waals surface area contributed by atoms with Gasteiger partial charge in [0.2, 0.25) is 0 Å². The summed E-state index contributed by atoms with van der Waals surface area (Å²) in [6.07, 6.45) is 1.00. The van der Waals surface area contributed by atoms with Crippen molar-refractivity contribution in [2.24, 2.45) is 11.7 Å². The molecule has 0 aromatic heterocycles. The molecule has 0 saturated carbocycles. The first-order valence-corrected chi connectivity index (χ1v) is 7.88. The van der Waals surface area contributed by atoms with Crippen LogP contribution in [0.3, 0.4) is 0 Å². The van der Waals surface area contributed by atoms with Gasteiger partial charge in [0.15, 0.2) is 0 Å². The van der Waals surface area contributed by atoms with Crippen LogP contribution in [0.5, 0.6) is 0 Å². The maximum atomic E-state index is 12.1. The molecule has 0 spiro atoms. The Morgan fingerprint density at radius 2 is 2.28 bits per heavy atom. The van der Waals surface area contributed by atoms with E-state index in [2.05, 4.69) is 13.0 Å². The Kier molecular flexibility index (Phi) is 4.92. The maximum Gasteiger partial charge on any atom is 0.0510 e. The van der Waals surface area contributed by atoms with Crippen LogP contribution >= 0.6 is 0 Å². The van der Waals surface area contributed by atoms with Crippen LogP contribution < -0.4 is 5.73 Å². The molecule has 1 heterocycles. The fourth-order valence-corrected chi connectivity index (χ4v) is 3.74. The molecule has 1 aromatic rings. The highest BCUT2D eigenvalue weighted by Gasteiger charge is 2.24.